The topological polar surface area (TPSA) is 61.7 Å². The minimum absolute atomic E-state index is 0.170. The summed E-state index contributed by atoms with van der Waals surface area (Å²) in [6.07, 6.45) is 1.56. The van der Waals surface area contributed by atoms with Gasteiger partial charge in [0.2, 0.25) is 0 Å². The molecule has 2 aliphatic heterocycles. The Kier molecular flexibility index (Phi) is 5.50. The molecular weight excluding hydrogens is 373 g/mol. The molecule has 0 amide bonds. The van der Waals surface area contributed by atoms with E-state index < -0.39 is 17.5 Å². The number of hydrogen-bond acceptors (Lipinski definition) is 6. The molecule has 4 rings (SSSR count). The van der Waals surface area contributed by atoms with E-state index in [1.807, 2.05) is 0 Å². The summed E-state index contributed by atoms with van der Waals surface area (Å²) >= 11 is 0. The molecule has 1 saturated carbocycles. The molecule has 2 saturated heterocycles. The zero-order valence-electron chi connectivity index (χ0n) is 15.9. The van der Waals surface area contributed by atoms with Crippen molar-refractivity contribution in [3.05, 3.63) is 18.1 Å². The Morgan fingerprint density at radius 1 is 1.11 bits per heavy atom. The van der Waals surface area contributed by atoms with Gasteiger partial charge in [-0.2, -0.15) is 13.2 Å². The average Bonchev–Trinajstić information content (AvgIpc) is 3.48. The highest BCUT2D eigenvalue weighted by Gasteiger charge is 2.40. The molecule has 0 atom stereocenters. The van der Waals surface area contributed by atoms with Crippen LogP contribution in [0.2, 0.25) is 0 Å². The number of nitrogens with zero attached hydrogens (tertiary/aromatic N) is 4. The third-order valence-corrected chi connectivity index (χ3v) is 6.04. The molecule has 3 fully saturated rings. The number of alkyl halides is 3. The zero-order chi connectivity index (χ0) is 19.8. The van der Waals surface area contributed by atoms with Crippen LogP contribution in [-0.4, -0.2) is 70.5 Å². The Morgan fingerprint density at radius 2 is 1.75 bits per heavy atom. The Labute approximate surface area is 162 Å². The number of anilines is 1. The molecule has 0 bridgehead atoms. The van der Waals surface area contributed by atoms with Crippen molar-refractivity contribution >= 4 is 5.82 Å². The molecule has 3 aliphatic rings. The second kappa shape index (κ2) is 7.76. The molecule has 0 radical (unpaired) electrons. The van der Waals surface area contributed by atoms with Gasteiger partial charge in [-0.3, -0.25) is 0 Å². The van der Waals surface area contributed by atoms with Gasteiger partial charge >= 0.3 is 6.18 Å². The maximum absolute atomic E-state index is 13.1. The van der Waals surface area contributed by atoms with E-state index in [9.17, 15) is 18.3 Å². The van der Waals surface area contributed by atoms with Crippen LogP contribution in [0.3, 0.4) is 0 Å². The van der Waals surface area contributed by atoms with Gasteiger partial charge in [-0.1, -0.05) is 0 Å². The van der Waals surface area contributed by atoms with E-state index in [1.54, 1.807) is 0 Å². The molecule has 1 aromatic heterocycles. The summed E-state index contributed by atoms with van der Waals surface area (Å²) in [7, 11) is 0. The van der Waals surface area contributed by atoms with Crippen LogP contribution in [0, 0.1) is 0 Å². The van der Waals surface area contributed by atoms with Crippen molar-refractivity contribution in [3.63, 3.8) is 0 Å². The predicted molar refractivity (Wildman–Crippen MR) is 97.0 cm³/mol. The highest BCUT2D eigenvalue weighted by atomic mass is 19.4. The summed E-state index contributed by atoms with van der Waals surface area (Å²) in [6, 6.07) is 1.52. The van der Waals surface area contributed by atoms with Crippen LogP contribution in [0.1, 0.15) is 44.2 Å². The maximum atomic E-state index is 13.1. The number of piperidine rings is 1. The van der Waals surface area contributed by atoms with Crippen LogP contribution in [-0.2, 0) is 10.9 Å². The molecule has 0 aromatic carbocycles. The van der Waals surface area contributed by atoms with Crippen LogP contribution in [0.15, 0.2) is 12.4 Å². The number of hydrogen-bond donors (Lipinski definition) is 1. The third kappa shape index (κ3) is 4.58. The van der Waals surface area contributed by atoms with E-state index in [0.717, 1.165) is 51.2 Å². The molecule has 28 heavy (non-hydrogen) atoms. The molecule has 9 heteroatoms. The molecule has 0 spiro atoms. The van der Waals surface area contributed by atoms with E-state index in [1.165, 1.54) is 0 Å². The van der Waals surface area contributed by atoms with E-state index in [-0.39, 0.29) is 12.1 Å². The van der Waals surface area contributed by atoms with E-state index >= 15 is 0 Å². The fourth-order valence-electron chi connectivity index (χ4n) is 4.35. The van der Waals surface area contributed by atoms with Gasteiger partial charge in [-0.25, -0.2) is 9.97 Å². The van der Waals surface area contributed by atoms with Crippen molar-refractivity contribution in [3.8, 4) is 0 Å². The van der Waals surface area contributed by atoms with Gasteiger partial charge in [-0.05, 0) is 25.7 Å². The highest BCUT2D eigenvalue weighted by Crippen LogP contribution is 2.37. The van der Waals surface area contributed by atoms with Crippen molar-refractivity contribution in [1.29, 1.82) is 0 Å². The SMILES string of the molecule is OC1(CN2CCC(N(c3cc(C(F)(F)F)ncn3)C3CC3)CC2)CCOCC1. The number of halogens is 3. The van der Waals surface area contributed by atoms with Gasteiger partial charge in [0.25, 0.3) is 0 Å². The Bertz CT molecular complexity index is 669. The molecule has 1 N–H and O–H groups in total. The lowest BCUT2D eigenvalue weighted by atomic mass is 9.92. The fourth-order valence-corrected chi connectivity index (χ4v) is 4.35. The third-order valence-electron chi connectivity index (χ3n) is 6.04. The first-order chi connectivity index (χ1) is 13.3. The van der Waals surface area contributed by atoms with Crippen molar-refractivity contribution in [1.82, 2.24) is 14.9 Å². The summed E-state index contributed by atoms with van der Waals surface area (Å²) in [6.45, 7) is 3.48. The molecule has 1 aromatic rings. The lowest BCUT2D eigenvalue weighted by molar-refractivity contribution is -0.141. The van der Waals surface area contributed by atoms with Crippen molar-refractivity contribution in [2.45, 2.75) is 62.4 Å². The minimum atomic E-state index is -4.46. The van der Waals surface area contributed by atoms with Crippen LogP contribution < -0.4 is 4.90 Å². The molecular formula is C19H27F3N4O2. The van der Waals surface area contributed by atoms with Gasteiger partial charge in [-0.15, -0.1) is 0 Å². The summed E-state index contributed by atoms with van der Waals surface area (Å²) in [4.78, 5) is 11.9. The molecule has 3 heterocycles. The quantitative estimate of drug-likeness (QED) is 0.820. The fraction of sp³-hybridized carbons (Fsp3) is 0.789. The normalized spacial score (nSPS) is 24.3. The molecule has 6 nitrogen and oxygen atoms in total. The number of β-amino-alcohol motifs (C(OH)–C–C–N with tert-alkyl or cyclic N) is 1. The lowest BCUT2D eigenvalue weighted by Gasteiger charge is -2.42. The van der Waals surface area contributed by atoms with Crippen LogP contribution in [0.5, 0.6) is 0 Å². The second-order valence-corrected chi connectivity index (χ2v) is 8.24. The number of aliphatic hydroxyl groups is 1. The first kappa shape index (κ1) is 19.8. The highest BCUT2D eigenvalue weighted by molar-refractivity contribution is 5.44. The van der Waals surface area contributed by atoms with Gasteiger partial charge in [0.15, 0.2) is 0 Å². The number of ether oxygens (including phenoxy) is 1. The predicted octanol–water partition coefficient (Wildman–Crippen LogP) is 2.47. The lowest BCUT2D eigenvalue weighted by Crippen LogP contribution is -2.52. The van der Waals surface area contributed by atoms with Crippen LogP contribution >= 0.6 is 0 Å². The van der Waals surface area contributed by atoms with Crippen LogP contribution in [0.4, 0.5) is 19.0 Å². The Balaban J connectivity index is 1.41. The van der Waals surface area contributed by atoms with E-state index in [2.05, 4.69) is 19.8 Å². The smallest absolute Gasteiger partial charge is 0.388 e. The van der Waals surface area contributed by atoms with E-state index in [0.29, 0.717) is 38.4 Å². The zero-order valence-corrected chi connectivity index (χ0v) is 15.9. The van der Waals surface area contributed by atoms with Crippen molar-refractivity contribution in [2.24, 2.45) is 0 Å². The van der Waals surface area contributed by atoms with Gasteiger partial charge in [0, 0.05) is 63.8 Å². The monoisotopic (exact) mass is 400 g/mol. The van der Waals surface area contributed by atoms with Crippen molar-refractivity contribution < 1.29 is 23.0 Å². The average molecular weight is 400 g/mol. The largest absolute Gasteiger partial charge is 0.433 e. The number of aromatic nitrogens is 2. The number of rotatable bonds is 5. The van der Waals surface area contributed by atoms with Gasteiger partial charge in [0.05, 0.1) is 5.60 Å². The summed E-state index contributed by atoms with van der Waals surface area (Å²) in [5.41, 5.74) is -1.57. The van der Waals surface area contributed by atoms with E-state index in [4.69, 9.17) is 4.74 Å². The summed E-state index contributed by atoms with van der Waals surface area (Å²) < 4.78 is 44.5. The first-order valence-electron chi connectivity index (χ1n) is 10.0. The first-order valence-corrected chi connectivity index (χ1v) is 10.0. The standard InChI is InChI=1S/C19H27F3N4O2/c20-19(21,22)16-11-17(24-13-23-16)26(14-1-2-14)15-3-7-25(8-4-15)12-18(27)5-9-28-10-6-18/h11,13-15,27H,1-10,12H2. The summed E-state index contributed by atoms with van der Waals surface area (Å²) in [5, 5.41) is 10.7. The number of likely N-dealkylation sites (tertiary alicyclic amines) is 1. The van der Waals surface area contributed by atoms with Crippen LogP contribution in [0.25, 0.3) is 0 Å². The minimum Gasteiger partial charge on any atom is -0.388 e. The van der Waals surface area contributed by atoms with Gasteiger partial charge in [0.1, 0.15) is 17.8 Å². The van der Waals surface area contributed by atoms with Crippen molar-refractivity contribution in [2.75, 3.05) is 37.7 Å². The molecule has 0 unspecified atom stereocenters. The maximum Gasteiger partial charge on any atom is 0.433 e. The molecule has 156 valence electrons. The second-order valence-electron chi connectivity index (χ2n) is 8.24. The van der Waals surface area contributed by atoms with Gasteiger partial charge < -0.3 is 19.6 Å². The Morgan fingerprint density at radius 3 is 2.36 bits per heavy atom. The molecule has 1 aliphatic carbocycles. The Hall–Kier alpha value is -1.45. The summed E-state index contributed by atoms with van der Waals surface area (Å²) in [5.74, 6) is 0.381.